The number of hydrogen-bond acceptors (Lipinski definition) is 6. The average molecular weight is 396 g/mol. The number of carbonyl (C=O) groups excluding carboxylic acids is 2. The summed E-state index contributed by atoms with van der Waals surface area (Å²) in [7, 11) is 1.49. The molecule has 0 saturated carbocycles. The third-order valence-electron chi connectivity index (χ3n) is 4.03. The van der Waals surface area contributed by atoms with E-state index in [0.29, 0.717) is 23.0 Å². The van der Waals surface area contributed by atoms with Crippen LogP contribution in [0, 0.1) is 0 Å². The van der Waals surface area contributed by atoms with E-state index in [4.69, 9.17) is 14.2 Å². The number of methoxy groups -OCH3 is 1. The van der Waals surface area contributed by atoms with E-state index in [0.717, 1.165) is 5.56 Å². The molecule has 0 amide bonds. The van der Waals surface area contributed by atoms with Crippen LogP contribution in [0.2, 0.25) is 0 Å². The van der Waals surface area contributed by atoms with Gasteiger partial charge in [-0.1, -0.05) is 36.4 Å². The summed E-state index contributed by atoms with van der Waals surface area (Å²) in [5, 5.41) is 1.81. The quantitative estimate of drug-likeness (QED) is 0.406. The molecule has 0 saturated heterocycles. The molecule has 0 fully saturated rings. The van der Waals surface area contributed by atoms with Crippen LogP contribution in [0.5, 0.6) is 11.5 Å². The van der Waals surface area contributed by atoms with Crippen LogP contribution in [-0.4, -0.2) is 25.5 Å². The summed E-state index contributed by atoms with van der Waals surface area (Å²) in [6.45, 7) is 2.23. The molecule has 0 spiro atoms. The highest BCUT2D eigenvalue weighted by Crippen LogP contribution is 2.33. The van der Waals surface area contributed by atoms with Gasteiger partial charge in [-0.15, -0.1) is 11.3 Å². The largest absolute Gasteiger partial charge is 0.493 e. The van der Waals surface area contributed by atoms with Crippen LogP contribution in [0.4, 0.5) is 0 Å². The van der Waals surface area contributed by atoms with E-state index in [9.17, 15) is 9.59 Å². The third-order valence-corrected chi connectivity index (χ3v) is 4.89. The summed E-state index contributed by atoms with van der Waals surface area (Å²) < 4.78 is 16.4. The Morgan fingerprint density at radius 1 is 0.964 bits per heavy atom. The second kappa shape index (κ2) is 9.19. The zero-order valence-electron chi connectivity index (χ0n) is 15.6. The smallest absolute Gasteiger partial charge is 0.339 e. The number of carbonyl (C=O) groups is 2. The maximum absolute atomic E-state index is 13.0. The lowest BCUT2D eigenvalue weighted by Gasteiger charge is -2.15. The predicted octanol–water partition coefficient (Wildman–Crippen LogP) is 4.74. The number of ether oxygens (including phenoxy) is 3. The molecular weight excluding hydrogens is 376 g/mol. The lowest BCUT2D eigenvalue weighted by molar-refractivity contribution is 0.0523. The van der Waals surface area contributed by atoms with Crippen molar-refractivity contribution in [3.63, 3.8) is 0 Å². The predicted molar refractivity (Wildman–Crippen MR) is 107 cm³/mol. The first-order valence-corrected chi connectivity index (χ1v) is 9.66. The molecule has 0 bridgehead atoms. The van der Waals surface area contributed by atoms with Gasteiger partial charge in [0.25, 0.3) is 0 Å². The fourth-order valence-electron chi connectivity index (χ4n) is 2.67. The lowest BCUT2D eigenvalue weighted by Crippen LogP contribution is -2.13. The normalized spacial score (nSPS) is 10.4. The van der Waals surface area contributed by atoms with Gasteiger partial charge in [-0.05, 0) is 36.1 Å². The van der Waals surface area contributed by atoms with Crippen molar-refractivity contribution in [2.24, 2.45) is 0 Å². The second-order valence-corrected chi connectivity index (χ2v) is 6.80. The molecule has 2 aromatic carbocycles. The van der Waals surface area contributed by atoms with Gasteiger partial charge in [-0.25, -0.2) is 4.79 Å². The van der Waals surface area contributed by atoms with Crippen LogP contribution in [0.1, 0.15) is 38.1 Å². The van der Waals surface area contributed by atoms with E-state index in [1.807, 2.05) is 35.7 Å². The maximum atomic E-state index is 13.0. The van der Waals surface area contributed by atoms with Gasteiger partial charge < -0.3 is 14.2 Å². The number of thiophene rings is 1. The summed E-state index contributed by atoms with van der Waals surface area (Å²) >= 11 is 1.31. The molecule has 1 heterocycles. The van der Waals surface area contributed by atoms with Crippen LogP contribution in [0.15, 0.2) is 60.0 Å². The molecule has 0 aliphatic heterocycles. The number of hydrogen-bond donors (Lipinski definition) is 0. The molecule has 3 aromatic rings. The first-order chi connectivity index (χ1) is 13.6. The summed E-state index contributed by atoms with van der Waals surface area (Å²) in [6, 6.07) is 16.2. The number of ketones is 1. The summed E-state index contributed by atoms with van der Waals surface area (Å²) in [5.41, 5.74) is 1.36. The fraction of sp³-hybridized carbons (Fsp3) is 0.182. The molecule has 0 radical (unpaired) electrons. The van der Waals surface area contributed by atoms with Crippen molar-refractivity contribution in [3.05, 3.63) is 81.5 Å². The van der Waals surface area contributed by atoms with Crippen LogP contribution in [0.25, 0.3) is 0 Å². The van der Waals surface area contributed by atoms with Crippen molar-refractivity contribution in [1.29, 1.82) is 0 Å². The summed E-state index contributed by atoms with van der Waals surface area (Å²) in [6.07, 6.45) is 0. The van der Waals surface area contributed by atoms with Crippen molar-refractivity contribution >= 4 is 23.1 Å². The highest BCUT2D eigenvalue weighted by atomic mass is 32.1. The van der Waals surface area contributed by atoms with E-state index in [1.165, 1.54) is 24.5 Å². The number of esters is 1. The van der Waals surface area contributed by atoms with Crippen molar-refractivity contribution in [2.75, 3.05) is 13.7 Å². The Hall–Kier alpha value is -3.12. The monoisotopic (exact) mass is 396 g/mol. The third kappa shape index (κ3) is 4.40. The highest BCUT2D eigenvalue weighted by molar-refractivity contribution is 7.12. The van der Waals surface area contributed by atoms with Gasteiger partial charge in [0, 0.05) is 5.56 Å². The van der Waals surface area contributed by atoms with E-state index in [1.54, 1.807) is 25.1 Å². The first-order valence-electron chi connectivity index (χ1n) is 8.78. The van der Waals surface area contributed by atoms with Crippen LogP contribution >= 0.6 is 11.3 Å². The Bertz CT molecular complexity index is 949. The van der Waals surface area contributed by atoms with Crippen molar-refractivity contribution in [2.45, 2.75) is 13.5 Å². The average Bonchev–Trinajstić information content (AvgIpc) is 3.27. The van der Waals surface area contributed by atoms with E-state index < -0.39 is 5.97 Å². The van der Waals surface area contributed by atoms with Crippen LogP contribution in [-0.2, 0) is 11.3 Å². The highest BCUT2D eigenvalue weighted by Gasteiger charge is 2.24. The standard InChI is InChI=1S/C22H20O5S/c1-3-26-22(24)17-13-18(25-2)19(27-14-15-8-5-4-6-9-15)12-16(17)21(23)20-10-7-11-28-20/h4-13H,3,14H2,1-2H3. The molecule has 0 N–H and O–H groups in total. The van der Waals surface area contributed by atoms with Gasteiger partial charge >= 0.3 is 5.97 Å². The lowest BCUT2D eigenvalue weighted by atomic mass is 10.0. The molecule has 3 rings (SSSR count). The minimum atomic E-state index is -0.574. The first kappa shape index (κ1) is 19.6. The van der Waals surface area contributed by atoms with Crippen LogP contribution in [0.3, 0.4) is 0 Å². The number of benzene rings is 2. The summed E-state index contributed by atoms with van der Waals surface area (Å²) in [4.78, 5) is 25.9. The zero-order valence-corrected chi connectivity index (χ0v) is 16.5. The molecule has 6 heteroatoms. The van der Waals surface area contributed by atoms with Crippen molar-refractivity contribution in [3.8, 4) is 11.5 Å². The van der Waals surface area contributed by atoms with E-state index in [-0.39, 0.29) is 23.5 Å². The second-order valence-electron chi connectivity index (χ2n) is 5.85. The SMILES string of the molecule is CCOC(=O)c1cc(OC)c(OCc2ccccc2)cc1C(=O)c1cccs1. The Balaban J connectivity index is 2.01. The minimum absolute atomic E-state index is 0.157. The topological polar surface area (TPSA) is 61.8 Å². The molecule has 5 nitrogen and oxygen atoms in total. The Morgan fingerprint density at radius 3 is 2.36 bits per heavy atom. The molecule has 0 unspecified atom stereocenters. The molecule has 0 atom stereocenters. The van der Waals surface area contributed by atoms with Gasteiger partial charge in [0.05, 0.1) is 24.2 Å². The Kier molecular flexibility index (Phi) is 6.45. The van der Waals surface area contributed by atoms with E-state index >= 15 is 0 Å². The maximum Gasteiger partial charge on any atom is 0.339 e. The van der Waals surface area contributed by atoms with Gasteiger partial charge in [0.1, 0.15) is 6.61 Å². The molecule has 0 aliphatic rings. The van der Waals surface area contributed by atoms with Crippen LogP contribution < -0.4 is 9.47 Å². The molecule has 1 aromatic heterocycles. The van der Waals surface area contributed by atoms with Gasteiger partial charge in [0.15, 0.2) is 11.5 Å². The molecular formula is C22H20O5S. The number of rotatable bonds is 8. The Labute approximate surface area is 167 Å². The zero-order chi connectivity index (χ0) is 19.9. The fourth-order valence-corrected chi connectivity index (χ4v) is 3.35. The van der Waals surface area contributed by atoms with Gasteiger partial charge in [0.2, 0.25) is 5.78 Å². The van der Waals surface area contributed by atoms with Crippen molar-refractivity contribution < 1.29 is 23.8 Å². The van der Waals surface area contributed by atoms with Gasteiger partial charge in [-0.3, -0.25) is 4.79 Å². The molecule has 0 aliphatic carbocycles. The van der Waals surface area contributed by atoms with E-state index in [2.05, 4.69) is 0 Å². The molecule has 144 valence electrons. The summed E-state index contributed by atoms with van der Waals surface area (Å²) in [5.74, 6) is -0.0818. The van der Waals surface area contributed by atoms with Crippen molar-refractivity contribution in [1.82, 2.24) is 0 Å². The van der Waals surface area contributed by atoms with Gasteiger partial charge in [-0.2, -0.15) is 0 Å². The Morgan fingerprint density at radius 2 is 1.71 bits per heavy atom. The minimum Gasteiger partial charge on any atom is -0.493 e. The molecule has 28 heavy (non-hydrogen) atoms.